The summed E-state index contributed by atoms with van der Waals surface area (Å²) >= 11 is 1.59. The number of hydrogen-bond donors (Lipinski definition) is 2. The number of hydrogen-bond acceptors (Lipinski definition) is 8. The van der Waals surface area contributed by atoms with Crippen molar-refractivity contribution in [3.63, 3.8) is 0 Å². The fraction of sp³-hybridized carbons (Fsp3) is 0.296. The van der Waals surface area contributed by atoms with Gasteiger partial charge in [-0.25, -0.2) is 14.4 Å². The molecule has 0 fully saturated rings. The van der Waals surface area contributed by atoms with Gasteiger partial charge >= 0.3 is 0 Å². The number of anilines is 1. The van der Waals surface area contributed by atoms with E-state index >= 15 is 0 Å². The number of carbonyl (C=O) groups is 1. The van der Waals surface area contributed by atoms with E-state index in [2.05, 4.69) is 27.5 Å². The zero-order valence-electron chi connectivity index (χ0n) is 21.3. The van der Waals surface area contributed by atoms with E-state index in [0.29, 0.717) is 28.7 Å². The van der Waals surface area contributed by atoms with Gasteiger partial charge in [0, 0.05) is 34.9 Å². The first kappa shape index (κ1) is 26.3. The van der Waals surface area contributed by atoms with Crippen molar-refractivity contribution in [1.82, 2.24) is 15.3 Å². The highest BCUT2D eigenvalue weighted by molar-refractivity contribution is 7.15. The first-order valence-electron chi connectivity index (χ1n) is 11.6. The zero-order chi connectivity index (χ0) is 26.5. The van der Waals surface area contributed by atoms with Crippen LogP contribution in [-0.2, 0) is 16.1 Å². The van der Waals surface area contributed by atoms with E-state index in [4.69, 9.17) is 14.2 Å². The molecule has 0 radical (unpaired) electrons. The molecule has 1 unspecified atom stereocenters. The van der Waals surface area contributed by atoms with Crippen LogP contribution in [-0.4, -0.2) is 43.8 Å². The summed E-state index contributed by atoms with van der Waals surface area (Å²) in [7, 11) is 4.64. The molecule has 1 atom stereocenters. The van der Waals surface area contributed by atoms with Crippen LogP contribution in [0.3, 0.4) is 0 Å². The maximum Gasteiger partial charge on any atom is 0.246 e. The van der Waals surface area contributed by atoms with Gasteiger partial charge in [0.1, 0.15) is 24.1 Å². The molecule has 2 aromatic heterocycles. The quantitative estimate of drug-likeness (QED) is 0.292. The van der Waals surface area contributed by atoms with E-state index in [1.165, 1.54) is 19.2 Å². The molecule has 0 aliphatic heterocycles. The molecule has 1 amide bonds. The minimum absolute atomic E-state index is 0.0488. The van der Waals surface area contributed by atoms with Crippen LogP contribution in [0.2, 0.25) is 0 Å². The molecule has 0 bridgehead atoms. The van der Waals surface area contributed by atoms with Crippen LogP contribution in [0.1, 0.15) is 29.2 Å². The molecule has 0 saturated carbocycles. The minimum Gasteiger partial charge on any atom is -0.493 e. The summed E-state index contributed by atoms with van der Waals surface area (Å²) in [5.74, 6) is 1.90. The number of fused-ring (bicyclic) bond motifs is 1. The lowest BCUT2D eigenvalue weighted by Crippen LogP contribution is -2.26. The molecule has 10 heteroatoms. The summed E-state index contributed by atoms with van der Waals surface area (Å²) in [6.45, 7) is 4.05. The van der Waals surface area contributed by atoms with Crippen LogP contribution in [0, 0.1) is 12.7 Å². The fourth-order valence-electron chi connectivity index (χ4n) is 4.01. The molecular weight excluding hydrogens is 495 g/mol. The first-order valence-corrected chi connectivity index (χ1v) is 12.5. The molecule has 2 aromatic carbocycles. The maximum absolute atomic E-state index is 14.0. The zero-order valence-corrected chi connectivity index (χ0v) is 22.2. The normalized spacial score (nSPS) is 11.8. The molecule has 37 heavy (non-hydrogen) atoms. The molecule has 0 aliphatic carbocycles. The lowest BCUT2D eigenvalue weighted by Gasteiger charge is -2.17. The van der Waals surface area contributed by atoms with E-state index in [0.717, 1.165) is 26.2 Å². The number of halogens is 1. The number of nitrogens with zero attached hydrogens (tertiary/aromatic N) is 2. The van der Waals surface area contributed by atoms with Gasteiger partial charge in [-0.15, -0.1) is 11.3 Å². The molecule has 4 rings (SSSR count). The van der Waals surface area contributed by atoms with E-state index in [1.807, 2.05) is 31.2 Å². The number of aromatic nitrogens is 2. The van der Waals surface area contributed by atoms with Crippen molar-refractivity contribution >= 4 is 34.0 Å². The summed E-state index contributed by atoms with van der Waals surface area (Å²) in [6.07, 6.45) is 0. The lowest BCUT2D eigenvalue weighted by molar-refractivity contribution is -0.124. The third-order valence-corrected chi connectivity index (χ3v) is 7.11. The Labute approximate surface area is 218 Å². The number of methoxy groups -OCH3 is 3. The first-order chi connectivity index (χ1) is 17.8. The smallest absolute Gasteiger partial charge is 0.246 e. The number of nitrogens with one attached hydrogen (secondary N) is 2. The Morgan fingerprint density at radius 2 is 1.81 bits per heavy atom. The lowest BCUT2D eigenvalue weighted by atomic mass is 10.1. The van der Waals surface area contributed by atoms with Gasteiger partial charge in [-0.1, -0.05) is 6.07 Å². The van der Waals surface area contributed by atoms with Crippen molar-refractivity contribution in [3.8, 4) is 21.9 Å². The predicted molar refractivity (Wildman–Crippen MR) is 143 cm³/mol. The summed E-state index contributed by atoms with van der Waals surface area (Å²) in [6, 6.07) is 12.3. The predicted octanol–water partition coefficient (Wildman–Crippen LogP) is 5.26. The van der Waals surface area contributed by atoms with Gasteiger partial charge < -0.3 is 24.8 Å². The Morgan fingerprint density at radius 3 is 2.54 bits per heavy atom. The van der Waals surface area contributed by atoms with Crippen molar-refractivity contribution in [2.45, 2.75) is 26.4 Å². The van der Waals surface area contributed by atoms with Crippen molar-refractivity contribution in [2.75, 3.05) is 33.3 Å². The molecule has 0 saturated heterocycles. The van der Waals surface area contributed by atoms with Crippen LogP contribution in [0.15, 0.2) is 42.5 Å². The average molecular weight is 525 g/mol. The van der Waals surface area contributed by atoms with E-state index < -0.39 is 0 Å². The molecule has 0 aliphatic rings. The highest BCUT2D eigenvalue weighted by Crippen LogP contribution is 2.37. The summed E-state index contributed by atoms with van der Waals surface area (Å²) in [5, 5.41) is 7.09. The highest BCUT2D eigenvalue weighted by atomic mass is 32.1. The SMILES string of the molecule is COCC(=O)NCc1cc(F)ccc1-c1ccc(C(C)Nc2nc(C)nc3cc(OC)c(OC)cc23)s1. The third kappa shape index (κ3) is 5.98. The fourth-order valence-corrected chi connectivity index (χ4v) is 5.08. The van der Waals surface area contributed by atoms with Gasteiger partial charge in [-0.05, 0) is 55.3 Å². The van der Waals surface area contributed by atoms with Crippen LogP contribution in [0.25, 0.3) is 21.3 Å². The second-order valence-corrected chi connectivity index (χ2v) is 9.54. The molecule has 4 aromatic rings. The molecule has 2 N–H and O–H groups in total. The standard InChI is InChI=1S/C27H29FN4O4S/c1-15(30-27-20-11-22(35-4)23(36-5)12-21(20)31-16(2)32-27)24-8-9-25(37-24)19-7-6-18(28)10-17(19)13-29-26(33)14-34-3/h6-12,15H,13-14H2,1-5H3,(H,29,33)(H,30,31,32). The van der Waals surface area contributed by atoms with Gasteiger partial charge in [-0.2, -0.15) is 0 Å². The Morgan fingerprint density at radius 1 is 1.05 bits per heavy atom. The Kier molecular flexibility index (Phi) is 8.20. The molecular formula is C27H29FN4O4S. The van der Waals surface area contributed by atoms with Crippen LogP contribution in [0.4, 0.5) is 10.2 Å². The van der Waals surface area contributed by atoms with E-state index in [9.17, 15) is 9.18 Å². The Bertz CT molecular complexity index is 1430. The van der Waals surface area contributed by atoms with Gasteiger partial charge in [0.05, 0.1) is 25.8 Å². The molecule has 8 nitrogen and oxygen atoms in total. The number of carbonyl (C=O) groups excluding carboxylic acids is 1. The minimum atomic E-state index is -0.357. The number of aryl methyl sites for hydroxylation is 1. The van der Waals surface area contributed by atoms with Crippen LogP contribution in [0.5, 0.6) is 11.5 Å². The Balaban J connectivity index is 1.60. The largest absolute Gasteiger partial charge is 0.493 e. The third-order valence-electron chi connectivity index (χ3n) is 5.80. The number of benzene rings is 2. The van der Waals surface area contributed by atoms with Crippen LogP contribution < -0.4 is 20.1 Å². The Hall–Kier alpha value is -3.76. The van der Waals surface area contributed by atoms with Crippen molar-refractivity contribution in [2.24, 2.45) is 0 Å². The topological polar surface area (TPSA) is 94.6 Å². The van der Waals surface area contributed by atoms with Gasteiger partial charge in [0.25, 0.3) is 0 Å². The van der Waals surface area contributed by atoms with Crippen LogP contribution >= 0.6 is 11.3 Å². The number of rotatable bonds is 10. The average Bonchev–Trinajstić information content (AvgIpc) is 3.37. The highest BCUT2D eigenvalue weighted by Gasteiger charge is 2.17. The second kappa shape index (κ2) is 11.5. The number of amides is 1. The van der Waals surface area contributed by atoms with Gasteiger partial charge in [-0.3, -0.25) is 4.79 Å². The van der Waals surface area contributed by atoms with Crippen molar-refractivity contribution in [1.29, 1.82) is 0 Å². The summed E-state index contributed by atoms with van der Waals surface area (Å²) in [5.41, 5.74) is 2.30. The van der Waals surface area contributed by atoms with Gasteiger partial charge in [0.15, 0.2) is 11.5 Å². The molecule has 194 valence electrons. The monoisotopic (exact) mass is 524 g/mol. The van der Waals surface area contributed by atoms with Gasteiger partial charge in [0.2, 0.25) is 5.91 Å². The van der Waals surface area contributed by atoms with Crippen molar-refractivity contribution in [3.05, 3.63) is 64.5 Å². The van der Waals surface area contributed by atoms with E-state index in [-0.39, 0.29) is 30.9 Å². The number of thiophene rings is 1. The number of ether oxygens (including phenoxy) is 3. The summed E-state index contributed by atoms with van der Waals surface area (Å²) in [4.78, 5) is 23.1. The summed E-state index contributed by atoms with van der Waals surface area (Å²) < 4.78 is 29.7. The second-order valence-electron chi connectivity index (χ2n) is 8.42. The van der Waals surface area contributed by atoms with Crippen molar-refractivity contribution < 1.29 is 23.4 Å². The molecule has 2 heterocycles. The maximum atomic E-state index is 14.0. The molecule has 0 spiro atoms. The van der Waals surface area contributed by atoms with E-state index in [1.54, 1.807) is 31.6 Å².